The number of benzene rings is 3. The van der Waals surface area contributed by atoms with E-state index in [0.717, 1.165) is 22.6 Å². The Bertz CT molecular complexity index is 1440. The average Bonchev–Trinajstić information content (AvgIpc) is 3.35. The number of nitrogens with zero attached hydrogens (tertiary/aromatic N) is 4. The van der Waals surface area contributed by atoms with Crippen LogP contribution in [0.25, 0.3) is 17.1 Å². The van der Waals surface area contributed by atoms with Gasteiger partial charge >= 0.3 is 0 Å². The maximum Gasteiger partial charge on any atom is 0.250 e. The number of amides is 1. The second kappa shape index (κ2) is 12.5. The molecule has 0 aliphatic heterocycles. The molecule has 4 aromatic rings. The number of aliphatic carboxylic acids is 1. The van der Waals surface area contributed by atoms with E-state index < -0.39 is 12.6 Å². The summed E-state index contributed by atoms with van der Waals surface area (Å²) in [5.74, 6) is 0.00815. The first-order valence-electron chi connectivity index (χ1n) is 11.5. The Morgan fingerprint density at radius 1 is 1.05 bits per heavy atom. The molecule has 4 rings (SSSR count). The Labute approximate surface area is 223 Å². The fourth-order valence-electron chi connectivity index (χ4n) is 3.41. The Morgan fingerprint density at radius 2 is 1.79 bits per heavy atom. The molecular weight excluding hydrogens is 506 g/mol. The quantitative estimate of drug-likeness (QED) is 0.178. The third kappa shape index (κ3) is 6.77. The van der Waals surface area contributed by atoms with E-state index in [2.05, 4.69) is 20.7 Å². The van der Waals surface area contributed by atoms with Crippen molar-refractivity contribution < 1.29 is 24.2 Å². The lowest BCUT2D eigenvalue weighted by atomic mass is 10.2. The van der Waals surface area contributed by atoms with Gasteiger partial charge in [-0.05, 0) is 55.5 Å². The minimum atomic E-state index is -1.34. The first-order chi connectivity index (χ1) is 18.4. The van der Waals surface area contributed by atoms with Crippen LogP contribution in [0.4, 0.5) is 0 Å². The maximum atomic E-state index is 12.5. The summed E-state index contributed by atoms with van der Waals surface area (Å²) in [6.45, 7) is 1.42. The highest BCUT2D eigenvalue weighted by molar-refractivity contribution is 7.99. The van der Waals surface area contributed by atoms with Crippen molar-refractivity contribution in [1.29, 1.82) is 0 Å². The molecule has 11 heteroatoms. The number of nitrogens with one attached hydrogen (secondary N) is 1. The molecule has 3 aromatic carbocycles. The molecule has 0 atom stereocenters. The lowest BCUT2D eigenvalue weighted by Crippen LogP contribution is -2.29. The molecule has 0 bridgehead atoms. The lowest BCUT2D eigenvalue weighted by Gasteiger charge is -2.11. The Kier molecular flexibility index (Phi) is 8.73. The molecule has 0 aliphatic carbocycles. The molecule has 38 heavy (non-hydrogen) atoms. The van der Waals surface area contributed by atoms with Gasteiger partial charge in [0.2, 0.25) is 0 Å². The molecule has 194 valence electrons. The normalized spacial score (nSPS) is 10.9. The van der Waals surface area contributed by atoms with Crippen LogP contribution in [0.2, 0.25) is 0 Å². The van der Waals surface area contributed by atoms with Gasteiger partial charge in [0.25, 0.3) is 5.91 Å². The van der Waals surface area contributed by atoms with Gasteiger partial charge in [-0.1, -0.05) is 41.6 Å². The smallest absolute Gasteiger partial charge is 0.250 e. The van der Waals surface area contributed by atoms with Crippen LogP contribution in [0.5, 0.6) is 11.5 Å². The van der Waals surface area contributed by atoms with Gasteiger partial charge in [0.15, 0.2) is 11.0 Å². The standard InChI is InChI=1S/C27H25N5O5S/c1-18-7-11-21(12-8-18)32-26(19-9-13-22(36-2)14-10-19)30-31-27(32)38-17-24(33)29-28-15-20-5-3-4-6-23(20)37-16-25(34)35/h3-15H,16-17H2,1-2H3,(H,29,33)(H,34,35)/p-1. The zero-order valence-electron chi connectivity index (χ0n) is 20.7. The van der Waals surface area contributed by atoms with Gasteiger partial charge in [-0.3, -0.25) is 9.36 Å². The molecule has 10 nitrogen and oxygen atoms in total. The van der Waals surface area contributed by atoms with Crippen LogP contribution >= 0.6 is 11.8 Å². The summed E-state index contributed by atoms with van der Waals surface area (Å²) in [4.78, 5) is 23.2. The highest BCUT2D eigenvalue weighted by Crippen LogP contribution is 2.29. The van der Waals surface area contributed by atoms with Gasteiger partial charge in [0, 0.05) is 16.8 Å². The molecule has 1 N–H and O–H groups in total. The predicted octanol–water partition coefficient (Wildman–Crippen LogP) is 2.62. The number of carboxylic acids is 1. The number of methoxy groups -OCH3 is 1. The number of rotatable bonds is 11. The number of carbonyl (C=O) groups excluding carboxylic acids is 2. The number of thioether (sulfide) groups is 1. The number of hydrogen-bond acceptors (Lipinski definition) is 9. The molecule has 0 saturated carbocycles. The van der Waals surface area contributed by atoms with Crippen molar-refractivity contribution in [3.8, 4) is 28.6 Å². The number of hydrogen-bond donors (Lipinski definition) is 1. The summed E-state index contributed by atoms with van der Waals surface area (Å²) in [7, 11) is 1.61. The van der Waals surface area contributed by atoms with E-state index in [1.165, 1.54) is 18.0 Å². The first-order valence-corrected chi connectivity index (χ1v) is 12.5. The molecule has 1 aromatic heterocycles. The number of aryl methyl sites for hydroxylation is 1. The van der Waals surface area contributed by atoms with E-state index in [4.69, 9.17) is 9.47 Å². The van der Waals surface area contributed by atoms with Crippen molar-refractivity contribution in [3.63, 3.8) is 0 Å². The highest BCUT2D eigenvalue weighted by Gasteiger charge is 2.17. The number of carboxylic acid groups (broad SMARTS) is 1. The predicted molar refractivity (Wildman–Crippen MR) is 141 cm³/mol. The van der Waals surface area contributed by atoms with Crippen LogP contribution in [0.3, 0.4) is 0 Å². The van der Waals surface area contributed by atoms with Crippen molar-refractivity contribution in [2.45, 2.75) is 12.1 Å². The van der Waals surface area contributed by atoms with E-state index in [1.54, 1.807) is 31.4 Å². The first kappa shape index (κ1) is 26.4. The van der Waals surface area contributed by atoms with Crippen LogP contribution in [0, 0.1) is 6.92 Å². The lowest BCUT2D eigenvalue weighted by molar-refractivity contribution is -0.307. The monoisotopic (exact) mass is 530 g/mol. The minimum Gasteiger partial charge on any atom is -0.546 e. The highest BCUT2D eigenvalue weighted by atomic mass is 32.2. The molecule has 0 unspecified atom stereocenters. The van der Waals surface area contributed by atoms with Crippen LogP contribution in [0.15, 0.2) is 83.1 Å². The third-order valence-corrected chi connectivity index (χ3v) is 6.19. The number of para-hydroxylation sites is 1. The number of carbonyl (C=O) groups is 2. The van der Waals surface area contributed by atoms with Crippen molar-refractivity contribution in [3.05, 3.63) is 83.9 Å². The fraction of sp³-hybridized carbons (Fsp3) is 0.148. The molecular formula is C27H24N5O5S-. The summed E-state index contributed by atoms with van der Waals surface area (Å²) in [5.41, 5.74) is 5.79. The van der Waals surface area contributed by atoms with Crippen LogP contribution in [-0.4, -0.2) is 52.3 Å². The largest absolute Gasteiger partial charge is 0.546 e. The molecule has 1 heterocycles. The van der Waals surface area contributed by atoms with Gasteiger partial charge in [-0.25, -0.2) is 5.43 Å². The Balaban J connectivity index is 1.47. The Morgan fingerprint density at radius 3 is 2.50 bits per heavy atom. The zero-order chi connectivity index (χ0) is 26.9. The third-order valence-electron chi connectivity index (χ3n) is 5.26. The van der Waals surface area contributed by atoms with E-state index >= 15 is 0 Å². The van der Waals surface area contributed by atoms with Crippen molar-refractivity contribution in [1.82, 2.24) is 20.2 Å². The molecule has 0 spiro atoms. The molecule has 0 fully saturated rings. The van der Waals surface area contributed by atoms with Crippen molar-refractivity contribution >= 4 is 29.9 Å². The van der Waals surface area contributed by atoms with Crippen molar-refractivity contribution in [2.24, 2.45) is 5.10 Å². The van der Waals surface area contributed by atoms with E-state index in [1.807, 2.05) is 60.0 Å². The van der Waals surface area contributed by atoms with Crippen LogP contribution in [0.1, 0.15) is 11.1 Å². The number of ether oxygens (including phenoxy) is 2. The zero-order valence-corrected chi connectivity index (χ0v) is 21.5. The van der Waals surface area contributed by atoms with Crippen molar-refractivity contribution in [2.75, 3.05) is 19.5 Å². The maximum absolute atomic E-state index is 12.5. The van der Waals surface area contributed by atoms with Gasteiger partial charge in [0.1, 0.15) is 18.1 Å². The SMILES string of the molecule is COc1ccc(-c2nnc(SCC(=O)NN=Cc3ccccc3OCC(=O)[O-])n2-c2ccc(C)cc2)cc1. The molecule has 0 saturated heterocycles. The topological polar surface area (TPSA) is 131 Å². The summed E-state index contributed by atoms with van der Waals surface area (Å²) in [6, 6.07) is 22.2. The number of hydrazone groups is 1. The van der Waals surface area contributed by atoms with Gasteiger partial charge in [-0.15, -0.1) is 10.2 Å². The summed E-state index contributed by atoms with van der Waals surface area (Å²) < 4.78 is 12.3. The molecule has 0 aliphatic rings. The second-order valence-corrected chi connectivity index (χ2v) is 8.93. The molecule has 1 amide bonds. The summed E-state index contributed by atoms with van der Waals surface area (Å²) >= 11 is 1.22. The minimum absolute atomic E-state index is 0.0345. The van der Waals surface area contributed by atoms with Gasteiger partial charge in [0.05, 0.1) is 25.0 Å². The second-order valence-electron chi connectivity index (χ2n) is 7.99. The van der Waals surface area contributed by atoms with Gasteiger partial charge in [-0.2, -0.15) is 5.10 Å². The van der Waals surface area contributed by atoms with E-state index in [-0.39, 0.29) is 11.7 Å². The van der Waals surface area contributed by atoms with Crippen LogP contribution < -0.4 is 20.0 Å². The Hall–Kier alpha value is -4.64. The fourth-order valence-corrected chi connectivity index (χ4v) is 4.15. The number of aromatic nitrogens is 3. The van der Waals surface area contributed by atoms with E-state index in [9.17, 15) is 14.7 Å². The average molecular weight is 531 g/mol. The summed E-state index contributed by atoms with van der Waals surface area (Å²) in [5, 5.41) is 23.9. The summed E-state index contributed by atoms with van der Waals surface area (Å²) in [6.07, 6.45) is 1.38. The van der Waals surface area contributed by atoms with E-state index in [0.29, 0.717) is 22.3 Å². The molecule has 0 radical (unpaired) electrons. The van der Waals surface area contributed by atoms with Crippen LogP contribution in [-0.2, 0) is 9.59 Å². The van der Waals surface area contributed by atoms with Gasteiger partial charge < -0.3 is 19.4 Å².